The predicted octanol–water partition coefficient (Wildman–Crippen LogP) is 5.43. The van der Waals surface area contributed by atoms with Gasteiger partial charge in [-0.2, -0.15) is 13.2 Å². The zero-order valence-corrected chi connectivity index (χ0v) is 27.3. The second-order valence-electron chi connectivity index (χ2n) is 12.5. The zero-order valence-electron chi connectivity index (χ0n) is 27.3. The molecule has 0 aromatic carbocycles. The summed E-state index contributed by atoms with van der Waals surface area (Å²) in [4.78, 5) is 36.0. The van der Waals surface area contributed by atoms with Crippen LogP contribution in [0.15, 0.2) is 12.3 Å². The molecule has 2 aliphatic heterocycles. The smallest absolute Gasteiger partial charge is 0.380 e. The van der Waals surface area contributed by atoms with Gasteiger partial charge in [-0.3, -0.25) is 14.6 Å². The number of hydrogen-bond donors (Lipinski definition) is 1. The highest BCUT2D eigenvalue weighted by molar-refractivity contribution is 5.76. The van der Waals surface area contributed by atoms with Crippen LogP contribution in [0.5, 0.6) is 0 Å². The Labute approximate surface area is 262 Å². The molecule has 2 aliphatic rings. The predicted molar refractivity (Wildman–Crippen MR) is 166 cm³/mol. The first-order chi connectivity index (χ1) is 21.0. The minimum absolute atomic E-state index is 0.0483. The standard InChI is InChI=1S/C33H54F3N5O3/c1-5-11-29(30(6-2)44-4)38-27(12-10-17-39(3)31(42)16-20-40-18-8-7-9-19-40)13-14-32(43)41-21-15-28-25(24-41)22-26(23-37-28)33(34,35)36/h22-23,27,29-30,38H,5-21,24H2,1-4H3/t27-,29?,30?/m0/s1. The molecule has 0 saturated carbocycles. The van der Waals surface area contributed by atoms with Gasteiger partial charge < -0.3 is 24.8 Å². The second kappa shape index (κ2) is 18.0. The van der Waals surface area contributed by atoms with Gasteiger partial charge in [0.05, 0.1) is 11.7 Å². The molecular weight excluding hydrogens is 571 g/mol. The van der Waals surface area contributed by atoms with Crippen LogP contribution >= 0.6 is 0 Å². The Kier molecular flexibility index (Phi) is 14.9. The van der Waals surface area contributed by atoms with Crippen molar-refractivity contribution in [2.45, 2.75) is 122 Å². The number of fused-ring (bicyclic) bond motifs is 1. The van der Waals surface area contributed by atoms with Gasteiger partial charge >= 0.3 is 6.18 Å². The maximum Gasteiger partial charge on any atom is 0.417 e. The lowest BCUT2D eigenvalue weighted by molar-refractivity contribution is -0.138. The molecule has 1 aromatic rings. The van der Waals surface area contributed by atoms with E-state index < -0.39 is 11.7 Å². The Hall–Kier alpha value is -2.24. The van der Waals surface area contributed by atoms with Crippen LogP contribution in [-0.4, -0.2) is 96.6 Å². The molecule has 0 aliphatic carbocycles. The van der Waals surface area contributed by atoms with Crippen molar-refractivity contribution < 1.29 is 27.5 Å². The summed E-state index contributed by atoms with van der Waals surface area (Å²) in [6.07, 6.45) is 6.49. The maximum atomic E-state index is 13.3. The second-order valence-corrected chi connectivity index (χ2v) is 12.5. The summed E-state index contributed by atoms with van der Waals surface area (Å²) in [5.41, 5.74) is 0.315. The number of halogens is 3. The van der Waals surface area contributed by atoms with Crippen LogP contribution in [0.25, 0.3) is 0 Å². The lowest BCUT2D eigenvalue weighted by Gasteiger charge is -2.32. The lowest BCUT2D eigenvalue weighted by atomic mass is 9.98. The van der Waals surface area contributed by atoms with Crippen molar-refractivity contribution in [2.24, 2.45) is 0 Å². The molecule has 3 atom stereocenters. The number of amides is 2. The SMILES string of the molecule is CCCC(N[C@@H](CCCN(C)C(=O)CCN1CCCCC1)CCC(=O)N1CCc2ncc(C(F)(F)F)cc2C1)C(CC)OC. The van der Waals surface area contributed by atoms with Gasteiger partial charge in [0.1, 0.15) is 0 Å². The fourth-order valence-electron chi connectivity index (χ4n) is 6.49. The third-order valence-electron chi connectivity index (χ3n) is 9.19. The number of rotatable bonds is 17. The van der Waals surface area contributed by atoms with Crippen LogP contribution in [0.3, 0.4) is 0 Å². The van der Waals surface area contributed by atoms with E-state index in [-0.39, 0.29) is 36.5 Å². The van der Waals surface area contributed by atoms with Crippen LogP contribution in [-0.2, 0) is 33.5 Å². The van der Waals surface area contributed by atoms with Gasteiger partial charge in [-0.1, -0.05) is 26.7 Å². The summed E-state index contributed by atoms with van der Waals surface area (Å²) in [5.74, 6) is 0.105. The monoisotopic (exact) mass is 625 g/mol. The average molecular weight is 626 g/mol. The number of nitrogens with zero attached hydrogens (tertiary/aromatic N) is 4. The molecule has 1 saturated heterocycles. The Morgan fingerprint density at radius 3 is 2.50 bits per heavy atom. The van der Waals surface area contributed by atoms with Crippen LogP contribution in [0.2, 0.25) is 0 Å². The normalized spacial score (nSPS) is 18.0. The summed E-state index contributed by atoms with van der Waals surface area (Å²) in [7, 11) is 3.60. The molecule has 0 radical (unpaired) electrons. The van der Waals surface area contributed by atoms with Crippen molar-refractivity contribution in [3.63, 3.8) is 0 Å². The van der Waals surface area contributed by atoms with Crippen LogP contribution in [0.4, 0.5) is 13.2 Å². The van der Waals surface area contributed by atoms with E-state index in [9.17, 15) is 22.8 Å². The quantitative estimate of drug-likeness (QED) is 0.249. The first kappa shape index (κ1) is 36.2. The lowest BCUT2D eigenvalue weighted by Crippen LogP contribution is -2.47. The number of carbonyl (C=O) groups is 2. The molecule has 0 spiro atoms. The average Bonchev–Trinajstić information content (AvgIpc) is 3.02. The zero-order chi connectivity index (χ0) is 32.1. The van der Waals surface area contributed by atoms with E-state index in [1.165, 1.54) is 19.3 Å². The van der Waals surface area contributed by atoms with E-state index in [4.69, 9.17) is 4.74 Å². The van der Waals surface area contributed by atoms with E-state index in [1.54, 1.807) is 12.0 Å². The minimum Gasteiger partial charge on any atom is -0.380 e. The molecule has 8 nitrogen and oxygen atoms in total. The van der Waals surface area contributed by atoms with Crippen molar-refractivity contribution >= 4 is 11.8 Å². The number of piperidine rings is 1. The highest BCUT2D eigenvalue weighted by Gasteiger charge is 2.33. The Balaban J connectivity index is 1.57. The van der Waals surface area contributed by atoms with Crippen LogP contribution < -0.4 is 5.32 Å². The summed E-state index contributed by atoms with van der Waals surface area (Å²) in [5, 5.41) is 3.79. The number of alkyl halides is 3. The summed E-state index contributed by atoms with van der Waals surface area (Å²) >= 11 is 0. The largest absolute Gasteiger partial charge is 0.417 e. The highest BCUT2D eigenvalue weighted by Crippen LogP contribution is 2.31. The van der Waals surface area contributed by atoms with E-state index in [2.05, 4.69) is 29.0 Å². The van der Waals surface area contributed by atoms with Crippen LogP contribution in [0.1, 0.15) is 101 Å². The number of likely N-dealkylation sites (tertiary alicyclic amines) is 1. The Morgan fingerprint density at radius 2 is 1.84 bits per heavy atom. The van der Waals surface area contributed by atoms with Gasteiger partial charge in [-0.05, 0) is 69.7 Å². The topological polar surface area (TPSA) is 78.0 Å². The molecule has 2 amide bonds. The molecule has 1 fully saturated rings. The van der Waals surface area contributed by atoms with Crippen molar-refractivity contribution in [2.75, 3.05) is 46.9 Å². The number of methoxy groups -OCH3 is 1. The van der Waals surface area contributed by atoms with Crippen LogP contribution in [0, 0.1) is 0 Å². The van der Waals surface area contributed by atoms with E-state index in [0.29, 0.717) is 50.0 Å². The molecule has 11 heteroatoms. The first-order valence-corrected chi connectivity index (χ1v) is 16.6. The number of carbonyl (C=O) groups excluding carboxylic acids is 2. The number of hydrogen-bond acceptors (Lipinski definition) is 6. The molecule has 2 unspecified atom stereocenters. The fraction of sp³-hybridized carbons (Fsp3) is 0.788. The van der Waals surface area contributed by atoms with Crippen molar-refractivity contribution in [1.29, 1.82) is 0 Å². The summed E-state index contributed by atoms with van der Waals surface area (Å²) < 4.78 is 45.5. The van der Waals surface area contributed by atoms with E-state index >= 15 is 0 Å². The molecular formula is C33H54F3N5O3. The molecule has 3 heterocycles. The number of pyridine rings is 1. The van der Waals surface area contributed by atoms with Gasteiger partial charge in [0.2, 0.25) is 11.8 Å². The van der Waals surface area contributed by atoms with Gasteiger partial charge in [-0.15, -0.1) is 0 Å². The fourth-order valence-corrected chi connectivity index (χ4v) is 6.49. The Morgan fingerprint density at radius 1 is 1.09 bits per heavy atom. The maximum absolute atomic E-state index is 13.3. The summed E-state index contributed by atoms with van der Waals surface area (Å²) in [6.45, 7) is 8.48. The molecule has 44 heavy (non-hydrogen) atoms. The Bertz CT molecular complexity index is 1030. The van der Waals surface area contributed by atoms with Gasteiger partial charge in [-0.25, -0.2) is 0 Å². The van der Waals surface area contributed by atoms with E-state index in [0.717, 1.165) is 64.0 Å². The highest BCUT2D eigenvalue weighted by atomic mass is 19.4. The molecule has 1 aromatic heterocycles. The number of ether oxygens (including phenoxy) is 1. The third kappa shape index (κ3) is 11.3. The molecule has 250 valence electrons. The summed E-state index contributed by atoms with van der Waals surface area (Å²) in [6, 6.07) is 1.32. The first-order valence-electron chi connectivity index (χ1n) is 16.6. The van der Waals surface area contributed by atoms with Crippen molar-refractivity contribution in [1.82, 2.24) is 25.0 Å². The molecule has 3 rings (SSSR count). The molecule has 1 N–H and O–H groups in total. The number of aromatic nitrogens is 1. The minimum atomic E-state index is -4.47. The molecule has 0 bridgehead atoms. The van der Waals surface area contributed by atoms with Gasteiger partial charge in [0.15, 0.2) is 0 Å². The number of nitrogens with one attached hydrogen (secondary N) is 1. The van der Waals surface area contributed by atoms with Crippen molar-refractivity contribution in [3.05, 3.63) is 29.1 Å². The third-order valence-corrected chi connectivity index (χ3v) is 9.19. The van der Waals surface area contributed by atoms with E-state index in [1.807, 2.05) is 11.9 Å². The van der Waals surface area contributed by atoms with Gasteiger partial charge in [0.25, 0.3) is 0 Å². The van der Waals surface area contributed by atoms with Crippen molar-refractivity contribution in [3.8, 4) is 0 Å². The van der Waals surface area contributed by atoms with Gasteiger partial charge in [0, 0.05) is 83.6 Å².